The maximum absolute atomic E-state index is 12.7. The lowest BCUT2D eigenvalue weighted by Crippen LogP contribution is -2.43. The van der Waals surface area contributed by atoms with Gasteiger partial charge in [-0.2, -0.15) is 0 Å². The van der Waals surface area contributed by atoms with Crippen molar-refractivity contribution in [1.29, 1.82) is 0 Å². The Morgan fingerprint density at radius 2 is 1.67 bits per heavy atom. The summed E-state index contributed by atoms with van der Waals surface area (Å²) in [6, 6.07) is 15.8. The second kappa shape index (κ2) is 10.5. The minimum absolute atomic E-state index is 0.113. The molecule has 0 saturated heterocycles. The van der Waals surface area contributed by atoms with Crippen LogP contribution in [0, 0.1) is 0 Å². The molecule has 0 heterocycles. The molecule has 0 saturated carbocycles. The summed E-state index contributed by atoms with van der Waals surface area (Å²) in [5.41, 5.74) is 1.87. The van der Waals surface area contributed by atoms with Crippen molar-refractivity contribution in [2.75, 3.05) is 7.11 Å². The third-order valence-corrected chi connectivity index (χ3v) is 4.11. The predicted octanol–water partition coefficient (Wildman–Crippen LogP) is 4.74. The van der Waals surface area contributed by atoms with Crippen LogP contribution in [0.1, 0.15) is 38.8 Å². The van der Waals surface area contributed by atoms with Crippen molar-refractivity contribution in [3.05, 3.63) is 71.8 Å². The molecule has 0 fully saturated rings. The molecule has 0 bridgehead atoms. The van der Waals surface area contributed by atoms with Crippen LogP contribution in [0.2, 0.25) is 0 Å². The zero-order valence-corrected chi connectivity index (χ0v) is 18.1. The van der Waals surface area contributed by atoms with Gasteiger partial charge < -0.3 is 19.5 Å². The van der Waals surface area contributed by atoms with Gasteiger partial charge in [-0.15, -0.1) is 0 Å². The molecular formula is C24H29NO5. The molecule has 1 atom stereocenters. The molecule has 0 aromatic heterocycles. The van der Waals surface area contributed by atoms with E-state index < -0.39 is 23.7 Å². The Kier molecular flexibility index (Phi) is 8.04. The van der Waals surface area contributed by atoms with Gasteiger partial charge in [-0.1, -0.05) is 42.5 Å². The first kappa shape index (κ1) is 23.0. The first-order valence-corrected chi connectivity index (χ1v) is 9.71. The summed E-state index contributed by atoms with van der Waals surface area (Å²) in [4.78, 5) is 25.0. The van der Waals surface area contributed by atoms with Crippen molar-refractivity contribution in [2.45, 2.75) is 45.9 Å². The van der Waals surface area contributed by atoms with Crippen molar-refractivity contribution < 1.29 is 23.8 Å². The predicted molar refractivity (Wildman–Crippen MR) is 116 cm³/mol. The second-order valence-corrected chi connectivity index (χ2v) is 7.80. The number of carbonyl (C=O) groups excluding carboxylic acids is 2. The molecule has 2 aromatic carbocycles. The first-order valence-electron chi connectivity index (χ1n) is 9.71. The minimum Gasteiger partial charge on any atom is -0.497 e. The van der Waals surface area contributed by atoms with Crippen LogP contribution in [0.4, 0.5) is 4.79 Å². The van der Waals surface area contributed by atoms with Gasteiger partial charge in [-0.25, -0.2) is 9.59 Å². The first-order chi connectivity index (χ1) is 14.2. The number of methoxy groups -OCH3 is 1. The summed E-state index contributed by atoms with van der Waals surface area (Å²) < 4.78 is 15.9. The Balaban J connectivity index is 2.17. The van der Waals surface area contributed by atoms with Crippen LogP contribution in [0.3, 0.4) is 0 Å². The van der Waals surface area contributed by atoms with E-state index in [1.54, 1.807) is 34.0 Å². The molecular weight excluding hydrogens is 382 g/mol. The number of hydrogen-bond acceptors (Lipinski definition) is 5. The number of rotatable bonds is 7. The van der Waals surface area contributed by atoms with Gasteiger partial charge in [0.2, 0.25) is 0 Å². The van der Waals surface area contributed by atoms with Gasteiger partial charge in [0.25, 0.3) is 0 Å². The Morgan fingerprint density at radius 3 is 2.23 bits per heavy atom. The van der Waals surface area contributed by atoms with Crippen LogP contribution < -0.4 is 10.1 Å². The Hall–Kier alpha value is -3.28. The average molecular weight is 411 g/mol. The maximum Gasteiger partial charge on any atom is 0.408 e. The standard InChI is InChI=1S/C24H29NO5/c1-17(19-11-13-20(28-5)14-12-19)15-21(25-23(27)30-24(2,3)4)22(26)29-16-18-9-7-6-8-10-18/h6-15,21H,16H2,1-5H3,(H,25,27)/b17-15+. The van der Waals surface area contributed by atoms with Crippen LogP contribution in [0.15, 0.2) is 60.7 Å². The van der Waals surface area contributed by atoms with Crippen molar-refractivity contribution in [3.63, 3.8) is 0 Å². The molecule has 0 radical (unpaired) electrons. The highest BCUT2D eigenvalue weighted by atomic mass is 16.6. The molecule has 0 aliphatic heterocycles. The molecule has 30 heavy (non-hydrogen) atoms. The molecule has 2 rings (SSSR count). The highest BCUT2D eigenvalue weighted by Gasteiger charge is 2.24. The summed E-state index contributed by atoms with van der Waals surface area (Å²) in [6.45, 7) is 7.24. The number of amides is 1. The van der Waals surface area contributed by atoms with Crippen molar-refractivity contribution in [1.82, 2.24) is 5.32 Å². The lowest BCUT2D eigenvalue weighted by atomic mass is 10.0. The summed E-state index contributed by atoms with van der Waals surface area (Å²) in [6.07, 6.45) is 0.960. The number of hydrogen-bond donors (Lipinski definition) is 1. The molecule has 1 unspecified atom stereocenters. The lowest BCUT2D eigenvalue weighted by Gasteiger charge is -2.22. The number of allylic oxidation sites excluding steroid dienone is 1. The third kappa shape index (κ3) is 7.62. The van der Waals surface area contributed by atoms with Crippen molar-refractivity contribution in [2.24, 2.45) is 0 Å². The minimum atomic E-state index is -0.995. The van der Waals surface area contributed by atoms with Crippen LogP contribution in [0.25, 0.3) is 5.57 Å². The van der Waals surface area contributed by atoms with Gasteiger partial charge in [-0.05, 0) is 62.6 Å². The van der Waals surface area contributed by atoms with Crippen LogP contribution >= 0.6 is 0 Å². The van der Waals surface area contributed by atoms with E-state index in [9.17, 15) is 9.59 Å². The third-order valence-electron chi connectivity index (χ3n) is 4.11. The highest BCUT2D eigenvalue weighted by Crippen LogP contribution is 2.19. The Bertz CT molecular complexity index is 867. The topological polar surface area (TPSA) is 73.9 Å². The monoisotopic (exact) mass is 411 g/mol. The summed E-state index contributed by atoms with van der Waals surface area (Å²) in [7, 11) is 1.60. The number of nitrogens with one attached hydrogen (secondary N) is 1. The average Bonchev–Trinajstić information content (AvgIpc) is 2.71. The number of benzene rings is 2. The van der Waals surface area contributed by atoms with E-state index in [1.807, 2.05) is 61.5 Å². The van der Waals surface area contributed by atoms with E-state index in [1.165, 1.54) is 0 Å². The van der Waals surface area contributed by atoms with E-state index in [4.69, 9.17) is 14.2 Å². The Labute approximate surface area is 177 Å². The lowest BCUT2D eigenvalue weighted by molar-refractivity contribution is -0.146. The van der Waals surface area contributed by atoms with Crippen LogP contribution in [0.5, 0.6) is 5.75 Å². The van der Waals surface area contributed by atoms with Gasteiger partial charge in [-0.3, -0.25) is 0 Å². The molecule has 1 amide bonds. The second-order valence-electron chi connectivity index (χ2n) is 7.80. The van der Waals surface area contributed by atoms with Crippen LogP contribution in [-0.4, -0.2) is 30.8 Å². The summed E-state index contributed by atoms with van der Waals surface area (Å²) >= 11 is 0. The fraction of sp³-hybridized carbons (Fsp3) is 0.333. The van der Waals surface area contributed by atoms with Gasteiger partial charge in [0.05, 0.1) is 7.11 Å². The van der Waals surface area contributed by atoms with E-state index >= 15 is 0 Å². The Morgan fingerprint density at radius 1 is 1.03 bits per heavy atom. The summed E-state index contributed by atoms with van der Waals surface area (Å²) in [5.74, 6) is 0.162. The molecule has 6 nitrogen and oxygen atoms in total. The number of ether oxygens (including phenoxy) is 3. The SMILES string of the molecule is COc1ccc(/C(C)=C/C(NC(=O)OC(C)(C)C)C(=O)OCc2ccccc2)cc1. The van der Waals surface area contributed by atoms with Gasteiger partial charge >= 0.3 is 12.1 Å². The fourth-order valence-corrected chi connectivity index (χ4v) is 2.62. The van der Waals surface area contributed by atoms with Crippen molar-refractivity contribution >= 4 is 17.6 Å². The zero-order valence-electron chi connectivity index (χ0n) is 18.1. The van der Waals surface area contributed by atoms with Crippen molar-refractivity contribution in [3.8, 4) is 5.75 Å². The molecule has 0 spiro atoms. The molecule has 0 aliphatic rings. The zero-order chi connectivity index (χ0) is 22.1. The molecule has 160 valence electrons. The molecule has 2 aromatic rings. The summed E-state index contributed by atoms with van der Waals surface area (Å²) in [5, 5.41) is 2.60. The van der Waals surface area contributed by atoms with Gasteiger partial charge in [0.15, 0.2) is 0 Å². The molecule has 6 heteroatoms. The quantitative estimate of drug-likeness (QED) is 0.667. The normalized spacial score (nSPS) is 12.6. The van der Waals surface area contributed by atoms with E-state index in [-0.39, 0.29) is 6.61 Å². The largest absolute Gasteiger partial charge is 0.497 e. The van der Waals surface area contributed by atoms with E-state index in [0.29, 0.717) is 0 Å². The van der Waals surface area contributed by atoms with E-state index in [2.05, 4.69) is 5.32 Å². The number of carbonyl (C=O) groups is 2. The van der Waals surface area contributed by atoms with E-state index in [0.717, 1.165) is 22.4 Å². The fourth-order valence-electron chi connectivity index (χ4n) is 2.62. The maximum atomic E-state index is 12.7. The molecule has 0 aliphatic carbocycles. The van der Waals surface area contributed by atoms with Gasteiger partial charge in [0, 0.05) is 0 Å². The number of alkyl carbamates (subject to hydrolysis) is 1. The molecule has 1 N–H and O–H groups in total. The highest BCUT2D eigenvalue weighted by molar-refractivity contribution is 5.85. The number of esters is 1. The smallest absolute Gasteiger partial charge is 0.408 e. The van der Waals surface area contributed by atoms with Crippen LogP contribution in [-0.2, 0) is 20.9 Å². The van der Waals surface area contributed by atoms with Gasteiger partial charge in [0.1, 0.15) is 24.0 Å².